The molecule has 19 heavy (non-hydrogen) atoms. The molecule has 98 valence electrons. The quantitative estimate of drug-likeness (QED) is 0.665. The average Bonchev–Trinajstić information content (AvgIpc) is 2.43. The van der Waals surface area contributed by atoms with Gasteiger partial charge in [0.2, 0.25) is 0 Å². The van der Waals surface area contributed by atoms with Crippen LogP contribution in [0.5, 0.6) is 5.75 Å². The van der Waals surface area contributed by atoms with Crippen LogP contribution in [-0.2, 0) is 0 Å². The highest BCUT2D eigenvalue weighted by Gasteiger charge is 2.02. The minimum Gasteiger partial charge on any atom is -0.508 e. The number of hydrogen-bond donors (Lipinski definition) is 2. The molecule has 0 amide bonds. The van der Waals surface area contributed by atoms with Crippen molar-refractivity contribution in [2.75, 3.05) is 5.43 Å². The monoisotopic (exact) mass is 276 g/mol. The molecule has 0 spiro atoms. The molecule has 1 heterocycles. The Kier molecular flexibility index (Phi) is 4.30. The van der Waals surface area contributed by atoms with Crippen molar-refractivity contribution < 1.29 is 5.11 Å². The van der Waals surface area contributed by atoms with Crippen molar-refractivity contribution in [1.82, 2.24) is 10.2 Å². The van der Waals surface area contributed by atoms with E-state index in [2.05, 4.69) is 20.7 Å². The maximum Gasteiger partial charge on any atom is 0.168 e. The van der Waals surface area contributed by atoms with E-state index >= 15 is 0 Å². The van der Waals surface area contributed by atoms with Crippen LogP contribution in [0.1, 0.15) is 18.9 Å². The van der Waals surface area contributed by atoms with E-state index in [1.54, 1.807) is 24.3 Å². The first-order chi connectivity index (χ1) is 9.19. The van der Waals surface area contributed by atoms with E-state index in [0.29, 0.717) is 11.0 Å². The highest BCUT2D eigenvalue weighted by Crippen LogP contribution is 2.12. The lowest BCUT2D eigenvalue weighted by molar-refractivity contribution is 0.475. The second-order valence-corrected chi connectivity index (χ2v) is 4.20. The van der Waals surface area contributed by atoms with Gasteiger partial charge in [-0.05, 0) is 48.4 Å². The Labute approximate surface area is 116 Å². The summed E-state index contributed by atoms with van der Waals surface area (Å²) in [5.41, 5.74) is 4.63. The van der Waals surface area contributed by atoms with Gasteiger partial charge in [0.15, 0.2) is 11.0 Å². The molecule has 0 aliphatic carbocycles. The molecule has 0 radical (unpaired) electrons. The zero-order valence-corrected chi connectivity index (χ0v) is 11.1. The van der Waals surface area contributed by atoms with Gasteiger partial charge in [-0.25, -0.2) is 0 Å². The van der Waals surface area contributed by atoms with Crippen molar-refractivity contribution in [1.29, 1.82) is 0 Å². The fourth-order valence-electron chi connectivity index (χ4n) is 1.50. The summed E-state index contributed by atoms with van der Waals surface area (Å²) in [7, 11) is 0. The van der Waals surface area contributed by atoms with Gasteiger partial charge in [-0.1, -0.05) is 18.5 Å². The third kappa shape index (κ3) is 3.66. The second-order valence-electron chi connectivity index (χ2n) is 3.81. The molecule has 0 atom stereocenters. The fraction of sp³-hybridized carbons (Fsp3) is 0.154. The normalized spacial score (nSPS) is 11.4. The van der Waals surface area contributed by atoms with E-state index in [0.717, 1.165) is 17.7 Å². The fourth-order valence-corrected chi connectivity index (χ4v) is 1.60. The van der Waals surface area contributed by atoms with Gasteiger partial charge in [-0.2, -0.15) is 5.10 Å². The number of halogens is 1. The lowest BCUT2D eigenvalue weighted by atomic mass is 10.1. The minimum atomic E-state index is 0.232. The molecule has 2 rings (SSSR count). The lowest BCUT2D eigenvalue weighted by Crippen LogP contribution is -2.04. The Balaban J connectivity index is 2.15. The van der Waals surface area contributed by atoms with Gasteiger partial charge < -0.3 is 5.11 Å². The van der Waals surface area contributed by atoms with Gasteiger partial charge in [0.25, 0.3) is 0 Å². The van der Waals surface area contributed by atoms with Crippen LogP contribution in [0.15, 0.2) is 41.5 Å². The topological polar surface area (TPSA) is 70.4 Å². The number of aromatic hydroxyl groups is 1. The largest absolute Gasteiger partial charge is 0.508 e. The van der Waals surface area contributed by atoms with Crippen LogP contribution in [0.4, 0.5) is 5.82 Å². The summed E-state index contributed by atoms with van der Waals surface area (Å²) in [5.74, 6) is 0.754. The molecule has 6 heteroatoms. The van der Waals surface area contributed by atoms with E-state index in [4.69, 9.17) is 11.6 Å². The van der Waals surface area contributed by atoms with Crippen LogP contribution in [0, 0.1) is 0 Å². The first kappa shape index (κ1) is 13.3. The van der Waals surface area contributed by atoms with Gasteiger partial charge in [-0.3, -0.25) is 5.43 Å². The third-order valence-corrected chi connectivity index (χ3v) is 2.67. The molecule has 0 saturated heterocycles. The van der Waals surface area contributed by atoms with Crippen LogP contribution < -0.4 is 5.43 Å². The first-order valence-electron chi connectivity index (χ1n) is 5.80. The van der Waals surface area contributed by atoms with Crippen LogP contribution in [0.2, 0.25) is 5.15 Å². The molecule has 0 aliphatic heterocycles. The van der Waals surface area contributed by atoms with Gasteiger partial charge in [0.05, 0.1) is 5.71 Å². The average molecular weight is 277 g/mol. The standard InChI is InChI=1S/C13H13ClN4O/c1-2-11(9-3-5-10(19)6-4-9)15-17-13-8-7-12(14)16-18-13/h3-8,19H,2H2,1H3,(H,17,18). The van der Waals surface area contributed by atoms with Gasteiger partial charge in [0, 0.05) is 0 Å². The summed E-state index contributed by atoms with van der Waals surface area (Å²) < 4.78 is 0. The molecule has 0 bridgehead atoms. The first-order valence-corrected chi connectivity index (χ1v) is 6.18. The van der Waals surface area contributed by atoms with E-state index in [1.807, 2.05) is 19.1 Å². The number of benzene rings is 1. The van der Waals surface area contributed by atoms with Gasteiger partial charge in [-0.15, -0.1) is 10.2 Å². The Morgan fingerprint density at radius 1 is 1.21 bits per heavy atom. The number of nitrogens with zero attached hydrogens (tertiary/aromatic N) is 3. The van der Waals surface area contributed by atoms with Crippen LogP contribution in [0.3, 0.4) is 0 Å². The molecular weight excluding hydrogens is 264 g/mol. The predicted octanol–water partition coefficient (Wildman–Crippen LogP) is 3.06. The SMILES string of the molecule is CCC(=NNc1ccc(Cl)nn1)c1ccc(O)cc1. The number of hydrogen-bond acceptors (Lipinski definition) is 5. The van der Waals surface area contributed by atoms with Crippen LogP contribution in [0.25, 0.3) is 0 Å². The molecule has 0 fully saturated rings. The van der Waals surface area contributed by atoms with Crippen LogP contribution in [-0.4, -0.2) is 21.0 Å². The Bertz CT molecular complexity index is 566. The predicted molar refractivity (Wildman–Crippen MR) is 75.6 cm³/mol. The highest BCUT2D eigenvalue weighted by atomic mass is 35.5. The van der Waals surface area contributed by atoms with E-state index < -0.39 is 0 Å². The highest BCUT2D eigenvalue weighted by molar-refractivity contribution is 6.29. The summed E-state index contributed by atoms with van der Waals surface area (Å²) in [6.45, 7) is 2.00. The van der Waals surface area contributed by atoms with Gasteiger partial charge in [0.1, 0.15) is 5.75 Å². The number of rotatable bonds is 4. The molecule has 0 aliphatic rings. The summed E-state index contributed by atoms with van der Waals surface area (Å²) in [4.78, 5) is 0. The molecule has 5 nitrogen and oxygen atoms in total. The van der Waals surface area contributed by atoms with Crippen molar-refractivity contribution >= 4 is 23.1 Å². The third-order valence-electron chi connectivity index (χ3n) is 2.47. The van der Waals surface area contributed by atoms with E-state index in [9.17, 15) is 5.11 Å². The van der Waals surface area contributed by atoms with Crippen molar-refractivity contribution in [3.8, 4) is 5.75 Å². The minimum absolute atomic E-state index is 0.232. The summed E-state index contributed by atoms with van der Waals surface area (Å²) in [6, 6.07) is 10.2. The molecule has 2 N–H and O–H groups in total. The zero-order chi connectivity index (χ0) is 13.7. The molecular formula is C13H13ClN4O. The number of phenolic OH excluding ortho intramolecular Hbond substituents is 1. The van der Waals surface area contributed by atoms with Crippen molar-refractivity contribution in [2.24, 2.45) is 5.10 Å². The van der Waals surface area contributed by atoms with Crippen LogP contribution >= 0.6 is 11.6 Å². The lowest BCUT2D eigenvalue weighted by Gasteiger charge is -2.05. The van der Waals surface area contributed by atoms with Gasteiger partial charge >= 0.3 is 0 Å². The molecule has 0 unspecified atom stereocenters. The number of aromatic nitrogens is 2. The number of hydrazone groups is 1. The summed E-state index contributed by atoms with van der Waals surface area (Å²) in [5, 5.41) is 21.4. The molecule has 0 saturated carbocycles. The number of phenols is 1. The van der Waals surface area contributed by atoms with Crippen molar-refractivity contribution in [2.45, 2.75) is 13.3 Å². The molecule has 1 aromatic carbocycles. The van der Waals surface area contributed by atoms with E-state index in [-0.39, 0.29) is 5.75 Å². The Hall–Kier alpha value is -2.14. The van der Waals surface area contributed by atoms with Crippen molar-refractivity contribution in [3.63, 3.8) is 0 Å². The number of anilines is 1. The summed E-state index contributed by atoms with van der Waals surface area (Å²) >= 11 is 5.65. The number of nitrogens with one attached hydrogen (secondary N) is 1. The maximum absolute atomic E-state index is 9.26. The van der Waals surface area contributed by atoms with Crippen molar-refractivity contribution in [3.05, 3.63) is 47.1 Å². The maximum atomic E-state index is 9.26. The zero-order valence-electron chi connectivity index (χ0n) is 10.3. The Morgan fingerprint density at radius 3 is 2.53 bits per heavy atom. The summed E-state index contributed by atoms with van der Waals surface area (Å²) in [6.07, 6.45) is 0.749. The second kappa shape index (κ2) is 6.15. The van der Waals surface area contributed by atoms with E-state index in [1.165, 1.54) is 0 Å². The molecule has 2 aromatic rings. The smallest absolute Gasteiger partial charge is 0.168 e. The Morgan fingerprint density at radius 2 is 1.95 bits per heavy atom. The molecule has 1 aromatic heterocycles.